The average Bonchev–Trinajstić information content (AvgIpc) is 3.15. The zero-order chi connectivity index (χ0) is 19.0. The lowest BCUT2D eigenvalue weighted by Crippen LogP contribution is -2.51. The van der Waals surface area contributed by atoms with Gasteiger partial charge in [-0.3, -0.25) is 9.59 Å². The average molecular weight is 375 g/mol. The number of likely N-dealkylation sites (tertiary alicyclic amines) is 1. The van der Waals surface area contributed by atoms with Crippen LogP contribution in [0.1, 0.15) is 56.1 Å². The lowest BCUT2D eigenvalue weighted by Gasteiger charge is -2.53. The molecule has 0 bridgehead atoms. The molecule has 1 spiro atoms. The summed E-state index contributed by atoms with van der Waals surface area (Å²) in [6.07, 6.45) is 6.04. The molecule has 0 aromatic carbocycles. The quantitative estimate of drug-likeness (QED) is 0.797. The second-order valence-corrected chi connectivity index (χ2v) is 8.39. The molecule has 1 aromatic rings. The van der Waals surface area contributed by atoms with Gasteiger partial charge < -0.3 is 14.5 Å². The zero-order valence-corrected chi connectivity index (χ0v) is 16.3. The molecular weight excluding hydrogens is 346 g/mol. The van der Waals surface area contributed by atoms with Crippen molar-refractivity contribution >= 4 is 11.8 Å². The van der Waals surface area contributed by atoms with Crippen LogP contribution < -0.4 is 0 Å². The third-order valence-corrected chi connectivity index (χ3v) is 6.53. The highest BCUT2D eigenvalue weighted by Crippen LogP contribution is 2.56. The summed E-state index contributed by atoms with van der Waals surface area (Å²) in [5.41, 5.74) is 0.618. The molecular formula is C19H29N5O3. The van der Waals surface area contributed by atoms with Gasteiger partial charge in [-0.1, -0.05) is 19.1 Å². The van der Waals surface area contributed by atoms with Gasteiger partial charge in [-0.2, -0.15) is 0 Å². The molecule has 2 saturated heterocycles. The summed E-state index contributed by atoms with van der Waals surface area (Å²) in [6, 6.07) is 0.285. The molecule has 8 heteroatoms. The molecule has 0 radical (unpaired) electrons. The smallest absolute Gasteiger partial charge is 0.276 e. The molecule has 3 fully saturated rings. The van der Waals surface area contributed by atoms with E-state index in [4.69, 9.17) is 4.74 Å². The van der Waals surface area contributed by atoms with Crippen molar-refractivity contribution < 1.29 is 14.3 Å². The van der Waals surface area contributed by atoms with E-state index in [0.29, 0.717) is 32.0 Å². The van der Waals surface area contributed by atoms with Gasteiger partial charge >= 0.3 is 0 Å². The molecule has 1 aliphatic carbocycles. The highest BCUT2D eigenvalue weighted by Gasteiger charge is 2.50. The number of aromatic nitrogens is 3. The Kier molecular flexibility index (Phi) is 4.92. The molecule has 4 rings (SSSR count). The summed E-state index contributed by atoms with van der Waals surface area (Å²) in [5.74, 6) is 0.246. The zero-order valence-electron chi connectivity index (χ0n) is 16.3. The van der Waals surface area contributed by atoms with E-state index in [1.54, 1.807) is 4.90 Å². The van der Waals surface area contributed by atoms with E-state index < -0.39 is 0 Å². The van der Waals surface area contributed by atoms with Gasteiger partial charge in [0.1, 0.15) is 0 Å². The Bertz CT molecular complexity index is 702. The third kappa shape index (κ3) is 3.35. The summed E-state index contributed by atoms with van der Waals surface area (Å²) in [5, 5.41) is 8.45. The van der Waals surface area contributed by atoms with Crippen molar-refractivity contribution in [3.63, 3.8) is 0 Å². The molecule has 3 aliphatic rings. The van der Waals surface area contributed by atoms with Crippen LogP contribution in [0.5, 0.6) is 0 Å². The van der Waals surface area contributed by atoms with Gasteiger partial charge in [0.05, 0.1) is 25.5 Å². The Labute approximate surface area is 159 Å². The van der Waals surface area contributed by atoms with Gasteiger partial charge in [-0.05, 0) is 31.1 Å². The summed E-state index contributed by atoms with van der Waals surface area (Å²) >= 11 is 0. The van der Waals surface area contributed by atoms with Gasteiger partial charge in [0, 0.05) is 32.1 Å². The van der Waals surface area contributed by atoms with Crippen molar-refractivity contribution in [2.45, 2.75) is 45.6 Å². The van der Waals surface area contributed by atoms with Crippen LogP contribution >= 0.6 is 0 Å². The Morgan fingerprint density at radius 1 is 1.11 bits per heavy atom. The van der Waals surface area contributed by atoms with Gasteiger partial charge in [0.25, 0.3) is 5.91 Å². The van der Waals surface area contributed by atoms with Crippen molar-refractivity contribution in [2.75, 3.05) is 39.4 Å². The van der Waals surface area contributed by atoms with Gasteiger partial charge in [-0.25, -0.2) is 4.68 Å². The molecule has 27 heavy (non-hydrogen) atoms. The summed E-state index contributed by atoms with van der Waals surface area (Å²) in [4.78, 5) is 28.6. The molecule has 3 heterocycles. The normalized spacial score (nSPS) is 24.9. The van der Waals surface area contributed by atoms with E-state index in [1.165, 1.54) is 0 Å². The maximum absolute atomic E-state index is 12.6. The van der Waals surface area contributed by atoms with E-state index in [-0.39, 0.29) is 29.2 Å². The summed E-state index contributed by atoms with van der Waals surface area (Å²) in [7, 11) is 0. The lowest BCUT2D eigenvalue weighted by atomic mass is 9.59. The van der Waals surface area contributed by atoms with Crippen LogP contribution in [0.2, 0.25) is 0 Å². The predicted octanol–water partition coefficient (Wildman–Crippen LogP) is 1.35. The van der Waals surface area contributed by atoms with Crippen LogP contribution in [0.25, 0.3) is 0 Å². The minimum atomic E-state index is -0.0599. The minimum absolute atomic E-state index is 0.0558. The first kappa shape index (κ1) is 18.4. The molecule has 1 aromatic heterocycles. The maximum atomic E-state index is 12.6. The predicted molar refractivity (Wildman–Crippen MR) is 98.1 cm³/mol. The number of hydrogen-bond acceptors (Lipinski definition) is 5. The van der Waals surface area contributed by atoms with Crippen LogP contribution in [-0.4, -0.2) is 76.0 Å². The molecule has 2 amide bonds. The minimum Gasteiger partial charge on any atom is -0.378 e. The standard InChI is InChI=1S/C19H29N5O3/c1-14(2)17(25)22-7-5-19(6-8-22)4-3-16(19)24-13-15(20-21-24)18(26)23-9-11-27-12-10-23/h13-14,16H,3-12H2,1-2H3. The molecule has 148 valence electrons. The Balaban J connectivity index is 1.41. The molecule has 2 aliphatic heterocycles. The SMILES string of the molecule is CC(C)C(=O)N1CCC2(CCC2n2cc(C(=O)N3CCOCC3)nn2)CC1. The number of rotatable bonds is 3. The number of nitrogens with zero attached hydrogens (tertiary/aromatic N) is 5. The second kappa shape index (κ2) is 7.22. The van der Waals surface area contributed by atoms with E-state index in [0.717, 1.165) is 38.8 Å². The summed E-state index contributed by atoms with van der Waals surface area (Å²) in [6.45, 7) is 7.94. The number of piperidine rings is 1. The first-order valence-corrected chi connectivity index (χ1v) is 10.1. The molecule has 1 unspecified atom stereocenters. The van der Waals surface area contributed by atoms with Gasteiger partial charge in [0.15, 0.2) is 5.69 Å². The number of amides is 2. The Morgan fingerprint density at radius 3 is 2.41 bits per heavy atom. The number of ether oxygens (including phenoxy) is 1. The Hall–Kier alpha value is -1.96. The fraction of sp³-hybridized carbons (Fsp3) is 0.789. The fourth-order valence-electron chi connectivity index (χ4n) is 4.67. The monoisotopic (exact) mass is 375 g/mol. The van der Waals surface area contributed by atoms with Gasteiger partial charge in [0.2, 0.25) is 5.91 Å². The maximum Gasteiger partial charge on any atom is 0.276 e. The number of carbonyl (C=O) groups excluding carboxylic acids is 2. The molecule has 0 N–H and O–H groups in total. The van der Waals surface area contributed by atoms with E-state index in [2.05, 4.69) is 10.3 Å². The van der Waals surface area contributed by atoms with Crippen LogP contribution in [0.3, 0.4) is 0 Å². The first-order valence-electron chi connectivity index (χ1n) is 10.1. The van der Waals surface area contributed by atoms with Crippen LogP contribution in [0.4, 0.5) is 0 Å². The van der Waals surface area contributed by atoms with Crippen molar-refractivity contribution in [1.82, 2.24) is 24.8 Å². The molecule has 1 saturated carbocycles. The fourth-order valence-corrected chi connectivity index (χ4v) is 4.67. The number of carbonyl (C=O) groups is 2. The van der Waals surface area contributed by atoms with Crippen LogP contribution in [-0.2, 0) is 9.53 Å². The second-order valence-electron chi connectivity index (χ2n) is 8.39. The Morgan fingerprint density at radius 2 is 1.81 bits per heavy atom. The number of morpholine rings is 1. The van der Waals surface area contributed by atoms with E-state index in [9.17, 15) is 9.59 Å². The molecule has 8 nitrogen and oxygen atoms in total. The van der Waals surface area contributed by atoms with E-state index in [1.807, 2.05) is 29.6 Å². The highest BCUT2D eigenvalue weighted by atomic mass is 16.5. The number of hydrogen-bond donors (Lipinski definition) is 0. The van der Waals surface area contributed by atoms with E-state index >= 15 is 0 Å². The first-order chi connectivity index (χ1) is 13.0. The van der Waals surface area contributed by atoms with Crippen molar-refractivity contribution in [3.8, 4) is 0 Å². The van der Waals surface area contributed by atoms with Crippen LogP contribution in [0, 0.1) is 11.3 Å². The van der Waals surface area contributed by atoms with Crippen LogP contribution in [0.15, 0.2) is 6.20 Å². The topological polar surface area (TPSA) is 80.6 Å². The lowest BCUT2D eigenvalue weighted by molar-refractivity contribution is -0.139. The summed E-state index contributed by atoms with van der Waals surface area (Å²) < 4.78 is 7.21. The van der Waals surface area contributed by atoms with Crippen molar-refractivity contribution in [2.24, 2.45) is 11.3 Å². The third-order valence-electron chi connectivity index (χ3n) is 6.53. The highest BCUT2D eigenvalue weighted by molar-refractivity contribution is 5.92. The largest absolute Gasteiger partial charge is 0.378 e. The van der Waals surface area contributed by atoms with Crippen molar-refractivity contribution in [1.29, 1.82) is 0 Å². The molecule has 1 atom stereocenters. The van der Waals surface area contributed by atoms with Crippen molar-refractivity contribution in [3.05, 3.63) is 11.9 Å². The van der Waals surface area contributed by atoms with Gasteiger partial charge in [-0.15, -0.1) is 5.10 Å².